The van der Waals surface area contributed by atoms with Crippen molar-refractivity contribution in [3.05, 3.63) is 0 Å². The maximum absolute atomic E-state index is 11.6. The van der Waals surface area contributed by atoms with Crippen molar-refractivity contribution >= 4 is 23.8 Å². The molecule has 13 heteroatoms. The molecular formula is C18H30N2O11. The summed E-state index contributed by atoms with van der Waals surface area (Å²) in [5.41, 5.74) is 0. The van der Waals surface area contributed by atoms with E-state index < -0.39 is 11.9 Å². The lowest BCUT2D eigenvalue weighted by atomic mass is 10.5. The van der Waals surface area contributed by atoms with Crippen LogP contribution in [0.5, 0.6) is 0 Å². The topological polar surface area (TPSA) is 157 Å². The van der Waals surface area contributed by atoms with Crippen LogP contribution in [-0.4, -0.2) is 116 Å². The molecule has 2 amide bonds. The highest BCUT2D eigenvalue weighted by molar-refractivity contribution is 5.78. The van der Waals surface area contributed by atoms with Crippen LogP contribution in [0.15, 0.2) is 0 Å². The van der Waals surface area contributed by atoms with Crippen LogP contribution in [-0.2, 0) is 52.3 Å². The van der Waals surface area contributed by atoms with E-state index in [1.807, 2.05) is 0 Å². The van der Waals surface area contributed by atoms with Gasteiger partial charge in [0, 0.05) is 13.1 Å². The molecule has 0 atom stereocenters. The van der Waals surface area contributed by atoms with Crippen LogP contribution in [0.4, 0.5) is 0 Å². The molecule has 1 rings (SSSR count). The van der Waals surface area contributed by atoms with E-state index in [1.54, 1.807) is 0 Å². The Bertz CT molecular complexity index is 499. The van der Waals surface area contributed by atoms with Gasteiger partial charge in [-0.05, 0) is 0 Å². The third kappa shape index (κ3) is 17.1. The number of hydrogen-bond acceptors (Lipinski definition) is 11. The SMILES string of the molecule is O=C1COCC(=O)OCCOCCOC(=O)COCC(=O)NCCOCCOCCN1. The van der Waals surface area contributed by atoms with Crippen molar-refractivity contribution in [1.82, 2.24) is 10.6 Å². The van der Waals surface area contributed by atoms with Crippen molar-refractivity contribution in [3.8, 4) is 0 Å². The molecule has 0 unspecified atom stereocenters. The molecule has 1 saturated heterocycles. The Kier molecular flexibility index (Phi) is 15.9. The molecular weight excluding hydrogens is 420 g/mol. The molecule has 0 aromatic carbocycles. The summed E-state index contributed by atoms with van der Waals surface area (Å²) in [7, 11) is 0. The van der Waals surface area contributed by atoms with Crippen molar-refractivity contribution in [1.29, 1.82) is 0 Å². The standard InChI is InChI=1S/C18H30N2O11/c21-15-11-28-13-17(23)30-9-7-27-8-10-31-18(24)14-29-12-16(22)20-2-4-26-6-5-25-3-1-19-15/h1-14H2,(H,19,21)(H,20,22). The molecule has 31 heavy (non-hydrogen) atoms. The van der Waals surface area contributed by atoms with Gasteiger partial charge in [-0.1, -0.05) is 0 Å². The molecule has 0 spiro atoms. The summed E-state index contributed by atoms with van der Waals surface area (Å²) in [5, 5.41) is 5.15. The number of carbonyl (C=O) groups is 4. The first kappa shape index (κ1) is 26.7. The van der Waals surface area contributed by atoms with Crippen LogP contribution in [0.3, 0.4) is 0 Å². The first-order valence-corrected chi connectivity index (χ1v) is 9.81. The fourth-order valence-electron chi connectivity index (χ4n) is 2.02. The van der Waals surface area contributed by atoms with Gasteiger partial charge in [-0.3, -0.25) is 9.59 Å². The van der Waals surface area contributed by atoms with Gasteiger partial charge in [0.25, 0.3) is 0 Å². The van der Waals surface area contributed by atoms with Gasteiger partial charge in [0.2, 0.25) is 11.8 Å². The van der Waals surface area contributed by atoms with Crippen molar-refractivity contribution in [2.24, 2.45) is 0 Å². The van der Waals surface area contributed by atoms with E-state index in [0.29, 0.717) is 13.2 Å². The smallest absolute Gasteiger partial charge is 0.332 e. The lowest BCUT2D eigenvalue weighted by molar-refractivity contribution is -0.152. The Morgan fingerprint density at radius 2 is 0.839 bits per heavy atom. The molecule has 0 aromatic heterocycles. The molecule has 0 aliphatic carbocycles. The average Bonchev–Trinajstić information content (AvgIpc) is 2.73. The van der Waals surface area contributed by atoms with E-state index in [0.717, 1.165) is 0 Å². The highest BCUT2D eigenvalue weighted by Crippen LogP contribution is 1.87. The number of cyclic esters (lactones) is 2. The Hall–Kier alpha value is -2.32. The van der Waals surface area contributed by atoms with Crippen molar-refractivity contribution in [2.75, 3.05) is 92.4 Å². The number of esters is 2. The van der Waals surface area contributed by atoms with Gasteiger partial charge in [-0.2, -0.15) is 0 Å². The molecule has 178 valence electrons. The van der Waals surface area contributed by atoms with Gasteiger partial charge in [0.1, 0.15) is 39.6 Å². The summed E-state index contributed by atoms with van der Waals surface area (Å²) >= 11 is 0. The van der Waals surface area contributed by atoms with Crippen molar-refractivity contribution in [3.63, 3.8) is 0 Å². The van der Waals surface area contributed by atoms with Crippen LogP contribution in [0, 0.1) is 0 Å². The molecule has 0 bridgehead atoms. The highest BCUT2D eigenvalue weighted by atomic mass is 16.6. The van der Waals surface area contributed by atoms with E-state index in [-0.39, 0.29) is 91.0 Å². The zero-order valence-electron chi connectivity index (χ0n) is 17.4. The second-order valence-electron chi connectivity index (χ2n) is 5.96. The van der Waals surface area contributed by atoms with Gasteiger partial charge < -0.3 is 43.8 Å². The first-order valence-electron chi connectivity index (χ1n) is 9.81. The first-order chi connectivity index (χ1) is 15.1. The summed E-state index contributed by atoms with van der Waals surface area (Å²) in [4.78, 5) is 46.0. The Morgan fingerprint density at radius 1 is 0.452 bits per heavy atom. The Balaban J connectivity index is 2.27. The molecule has 1 heterocycles. The normalized spacial score (nSPS) is 21.7. The van der Waals surface area contributed by atoms with Crippen LogP contribution in [0.25, 0.3) is 0 Å². The van der Waals surface area contributed by atoms with Crippen molar-refractivity contribution < 1.29 is 52.3 Å². The number of ether oxygens (including phenoxy) is 7. The second kappa shape index (κ2) is 18.4. The summed E-state index contributed by atoms with van der Waals surface area (Å²) in [6.45, 7) is 0.664. The lowest BCUT2D eigenvalue weighted by Gasteiger charge is -2.08. The number of hydrogen-bond donors (Lipinski definition) is 2. The fourth-order valence-corrected chi connectivity index (χ4v) is 2.02. The molecule has 2 N–H and O–H groups in total. The fraction of sp³-hybridized carbons (Fsp3) is 0.778. The summed E-state index contributed by atoms with van der Waals surface area (Å²) < 4.78 is 35.4. The summed E-state index contributed by atoms with van der Waals surface area (Å²) in [5.74, 6) is -2.04. The number of rotatable bonds is 0. The second-order valence-corrected chi connectivity index (χ2v) is 5.96. The van der Waals surface area contributed by atoms with Crippen LogP contribution >= 0.6 is 0 Å². The van der Waals surface area contributed by atoms with Gasteiger partial charge in [-0.25, -0.2) is 9.59 Å². The van der Waals surface area contributed by atoms with Crippen molar-refractivity contribution in [2.45, 2.75) is 0 Å². The van der Waals surface area contributed by atoms with Crippen LogP contribution in [0.1, 0.15) is 0 Å². The van der Waals surface area contributed by atoms with Gasteiger partial charge >= 0.3 is 11.9 Å². The third-order valence-corrected chi connectivity index (χ3v) is 3.40. The predicted octanol–water partition coefficient (Wildman–Crippen LogP) is -2.60. The molecule has 0 aromatic rings. The number of amides is 2. The van der Waals surface area contributed by atoms with Crippen LogP contribution < -0.4 is 10.6 Å². The van der Waals surface area contributed by atoms with E-state index in [9.17, 15) is 19.2 Å². The third-order valence-electron chi connectivity index (χ3n) is 3.40. The number of carbonyl (C=O) groups excluding carboxylic acids is 4. The largest absolute Gasteiger partial charge is 0.462 e. The minimum Gasteiger partial charge on any atom is -0.462 e. The lowest BCUT2D eigenvalue weighted by Crippen LogP contribution is -2.32. The Morgan fingerprint density at radius 3 is 1.29 bits per heavy atom. The monoisotopic (exact) mass is 450 g/mol. The predicted molar refractivity (Wildman–Crippen MR) is 102 cm³/mol. The molecule has 1 fully saturated rings. The van der Waals surface area contributed by atoms with E-state index in [4.69, 9.17) is 33.2 Å². The highest BCUT2D eigenvalue weighted by Gasteiger charge is 2.08. The molecule has 1 aliphatic heterocycles. The molecule has 0 radical (unpaired) electrons. The van der Waals surface area contributed by atoms with E-state index in [1.165, 1.54) is 0 Å². The maximum Gasteiger partial charge on any atom is 0.332 e. The molecule has 13 nitrogen and oxygen atoms in total. The zero-order valence-corrected chi connectivity index (χ0v) is 17.4. The minimum atomic E-state index is -0.635. The van der Waals surface area contributed by atoms with Gasteiger partial charge in [0.15, 0.2) is 0 Å². The molecule has 1 aliphatic rings. The Labute approximate surface area is 179 Å². The van der Waals surface area contributed by atoms with E-state index in [2.05, 4.69) is 10.6 Å². The average molecular weight is 450 g/mol. The summed E-state index contributed by atoms with van der Waals surface area (Å²) in [6.07, 6.45) is 0. The summed E-state index contributed by atoms with van der Waals surface area (Å²) in [6, 6.07) is 0. The molecule has 0 saturated carbocycles. The van der Waals surface area contributed by atoms with Crippen LogP contribution in [0.2, 0.25) is 0 Å². The quantitative estimate of drug-likeness (QED) is 0.373. The van der Waals surface area contributed by atoms with Gasteiger partial charge in [0.05, 0.1) is 39.6 Å². The maximum atomic E-state index is 11.6. The number of nitrogens with one attached hydrogen (secondary N) is 2. The minimum absolute atomic E-state index is 0.0123. The zero-order chi connectivity index (χ0) is 22.6. The van der Waals surface area contributed by atoms with E-state index >= 15 is 0 Å². The van der Waals surface area contributed by atoms with Gasteiger partial charge in [-0.15, -0.1) is 0 Å².